The summed E-state index contributed by atoms with van der Waals surface area (Å²) in [6.07, 6.45) is -4.54. The molecular formula is C12H14F3N3O2. The molecule has 0 radical (unpaired) electrons. The van der Waals surface area contributed by atoms with Gasteiger partial charge in [-0.1, -0.05) is 19.0 Å². The number of aliphatic hydroxyl groups excluding tert-OH is 1. The third kappa shape index (κ3) is 3.19. The summed E-state index contributed by atoms with van der Waals surface area (Å²) >= 11 is 0. The number of nitrogens with zero attached hydrogens (tertiary/aromatic N) is 3. The van der Waals surface area contributed by atoms with E-state index in [-0.39, 0.29) is 18.0 Å². The average Bonchev–Trinajstić information content (AvgIpc) is 2.96. The summed E-state index contributed by atoms with van der Waals surface area (Å²) in [7, 11) is 0. The second-order valence-corrected chi connectivity index (χ2v) is 4.76. The van der Waals surface area contributed by atoms with E-state index in [0.29, 0.717) is 11.7 Å². The van der Waals surface area contributed by atoms with Gasteiger partial charge >= 0.3 is 6.18 Å². The van der Waals surface area contributed by atoms with Crippen LogP contribution in [0.5, 0.6) is 0 Å². The Kier molecular flexibility index (Phi) is 3.85. The quantitative estimate of drug-likeness (QED) is 0.939. The predicted molar refractivity (Wildman–Crippen MR) is 62.9 cm³/mol. The van der Waals surface area contributed by atoms with Gasteiger partial charge in [-0.3, -0.25) is 0 Å². The van der Waals surface area contributed by atoms with E-state index in [9.17, 15) is 13.2 Å². The summed E-state index contributed by atoms with van der Waals surface area (Å²) in [5, 5.41) is 12.9. The fourth-order valence-corrected chi connectivity index (χ4v) is 1.63. The molecule has 0 aliphatic heterocycles. The number of hydrogen-bond donors (Lipinski definition) is 1. The van der Waals surface area contributed by atoms with Crippen molar-refractivity contribution in [1.29, 1.82) is 0 Å². The number of aromatic nitrogens is 3. The van der Waals surface area contributed by atoms with Gasteiger partial charge in [0.25, 0.3) is 0 Å². The number of halogens is 3. The second kappa shape index (κ2) is 5.28. The molecule has 1 unspecified atom stereocenters. The lowest BCUT2D eigenvalue weighted by Gasteiger charge is -2.12. The minimum atomic E-state index is -4.68. The largest absolute Gasteiger partial charge is 0.418 e. The average molecular weight is 289 g/mol. The van der Waals surface area contributed by atoms with Crippen molar-refractivity contribution in [3.63, 3.8) is 0 Å². The van der Waals surface area contributed by atoms with Crippen molar-refractivity contribution in [2.24, 2.45) is 0 Å². The minimum absolute atomic E-state index is 0.111. The molecule has 110 valence electrons. The third-order valence-corrected chi connectivity index (χ3v) is 2.72. The van der Waals surface area contributed by atoms with Crippen molar-refractivity contribution in [3.8, 4) is 0 Å². The van der Waals surface area contributed by atoms with Gasteiger partial charge < -0.3 is 14.2 Å². The molecule has 0 amide bonds. The van der Waals surface area contributed by atoms with Crippen LogP contribution >= 0.6 is 0 Å². The van der Waals surface area contributed by atoms with E-state index in [1.807, 2.05) is 13.8 Å². The van der Waals surface area contributed by atoms with Crippen LogP contribution in [0.25, 0.3) is 0 Å². The Morgan fingerprint density at radius 3 is 2.65 bits per heavy atom. The molecule has 8 heteroatoms. The summed E-state index contributed by atoms with van der Waals surface area (Å²) in [4.78, 5) is 4.12. The molecule has 2 aromatic rings. The smallest absolute Gasteiger partial charge is 0.379 e. The molecule has 0 bridgehead atoms. The molecule has 2 heterocycles. The van der Waals surface area contributed by atoms with Crippen LogP contribution in [0.4, 0.5) is 13.2 Å². The first-order chi connectivity index (χ1) is 9.27. The summed E-state index contributed by atoms with van der Waals surface area (Å²) in [5.41, 5.74) is -0.221. The van der Waals surface area contributed by atoms with E-state index in [0.717, 1.165) is 0 Å². The Labute approximate surface area is 113 Å². The highest BCUT2D eigenvalue weighted by Crippen LogP contribution is 2.32. The lowest BCUT2D eigenvalue weighted by Crippen LogP contribution is -2.19. The van der Waals surface area contributed by atoms with Crippen LogP contribution in [0.15, 0.2) is 23.0 Å². The highest BCUT2D eigenvalue weighted by atomic mass is 19.4. The first-order valence-electron chi connectivity index (χ1n) is 6.00. The molecule has 0 aliphatic carbocycles. The van der Waals surface area contributed by atoms with Crippen molar-refractivity contribution >= 4 is 0 Å². The molecule has 1 N–H and O–H groups in total. The van der Waals surface area contributed by atoms with E-state index in [1.54, 1.807) is 0 Å². The fourth-order valence-electron chi connectivity index (χ4n) is 1.63. The van der Waals surface area contributed by atoms with Crippen LogP contribution < -0.4 is 0 Å². The molecule has 0 saturated heterocycles. The van der Waals surface area contributed by atoms with Crippen molar-refractivity contribution in [2.45, 2.75) is 38.6 Å². The molecule has 0 spiro atoms. The van der Waals surface area contributed by atoms with Crippen LogP contribution in [-0.2, 0) is 6.54 Å². The molecule has 20 heavy (non-hydrogen) atoms. The maximum Gasteiger partial charge on any atom is 0.418 e. The van der Waals surface area contributed by atoms with Gasteiger partial charge in [0.1, 0.15) is 6.54 Å². The molecule has 0 aromatic carbocycles. The highest BCUT2D eigenvalue weighted by Gasteiger charge is 2.39. The summed E-state index contributed by atoms with van der Waals surface area (Å²) in [6, 6.07) is 1.21. The van der Waals surface area contributed by atoms with Gasteiger partial charge in [-0.25, -0.2) is 0 Å². The normalized spacial score (nSPS) is 13.9. The van der Waals surface area contributed by atoms with Crippen LogP contribution in [-0.4, -0.2) is 26.0 Å². The number of alkyl halides is 3. The fraction of sp³-hybridized carbons (Fsp3) is 0.500. The Morgan fingerprint density at radius 2 is 2.10 bits per heavy atom. The van der Waals surface area contributed by atoms with Crippen LogP contribution in [0.2, 0.25) is 0 Å². The standard InChI is InChI=1S/C12H14F3N3O2/c1-7(2)11-16-9(20-17-11)6-18-4-3-8(5-18)10(19)12(13,14)15/h3-5,7,10,19H,6H2,1-2H3. The molecular weight excluding hydrogens is 275 g/mol. The molecule has 1 atom stereocenters. The van der Waals surface area contributed by atoms with Gasteiger partial charge in [0.15, 0.2) is 11.9 Å². The Morgan fingerprint density at radius 1 is 1.40 bits per heavy atom. The zero-order valence-corrected chi connectivity index (χ0v) is 10.9. The molecule has 0 aliphatic rings. The van der Waals surface area contributed by atoms with Crippen LogP contribution in [0.3, 0.4) is 0 Å². The van der Waals surface area contributed by atoms with Gasteiger partial charge in [0.2, 0.25) is 5.89 Å². The van der Waals surface area contributed by atoms with Gasteiger partial charge in [-0.05, 0) is 6.07 Å². The van der Waals surface area contributed by atoms with Crippen molar-refractivity contribution in [3.05, 3.63) is 35.7 Å². The Balaban J connectivity index is 2.09. The van der Waals surface area contributed by atoms with Gasteiger partial charge in [-0.15, -0.1) is 0 Å². The van der Waals surface area contributed by atoms with E-state index < -0.39 is 12.3 Å². The zero-order valence-electron chi connectivity index (χ0n) is 10.9. The predicted octanol–water partition coefficient (Wildman–Crippen LogP) is 2.64. The molecule has 5 nitrogen and oxygen atoms in total. The highest BCUT2D eigenvalue weighted by molar-refractivity contribution is 5.15. The third-order valence-electron chi connectivity index (χ3n) is 2.72. The van der Waals surface area contributed by atoms with E-state index in [4.69, 9.17) is 9.63 Å². The van der Waals surface area contributed by atoms with Crippen molar-refractivity contribution in [1.82, 2.24) is 14.7 Å². The lowest BCUT2D eigenvalue weighted by molar-refractivity contribution is -0.206. The SMILES string of the molecule is CC(C)c1noc(Cn2ccc(C(O)C(F)(F)F)c2)n1. The van der Waals surface area contributed by atoms with Crippen LogP contribution in [0.1, 0.15) is 43.1 Å². The summed E-state index contributed by atoms with van der Waals surface area (Å²) in [6.45, 7) is 3.97. The second-order valence-electron chi connectivity index (χ2n) is 4.76. The molecule has 2 rings (SSSR count). The molecule has 2 aromatic heterocycles. The molecule has 0 fully saturated rings. The van der Waals surface area contributed by atoms with Gasteiger partial charge in [0.05, 0.1) is 0 Å². The maximum atomic E-state index is 12.4. The van der Waals surface area contributed by atoms with E-state index in [1.165, 1.54) is 23.0 Å². The van der Waals surface area contributed by atoms with Gasteiger partial charge in [-0.2, -0.15) is 18.2 Å². The first-order valence-corrected chi connectivity index (χ1v) is 6.00. The monoisotopic (exact) mass is 289 g/mol. The Hall–Kier alpha value is -1.83. The first kappa shape index (κ1) is 14.6. The minimum Gasteiger partial charge on any atom is -0.379 e. The van der Waals surface area contributed by atoms with Crippen molar-refractivity contribution in [2.75, 3.05) is 0 Å². The van der Waals surface area contributed by atoms with E-state index in [2.05, 4.69) is 10.1 Å². The van der Waals surface area contributed by atoms with Crippen LogP contribution in [0, 0.1) is 0 Å². The lowest BCUT2D eigenvalue weighted by atomic mass is 10.2. The Bertz CT molecular complexity index is 575. The topological polar surface area (TPSA) is 64.1 Å². The maximum absolute atomic E-state index is 12.4. The summed E-state index contributed by atoms with van der Waals surface area (Å²) in [5.74, 6) is 0.958. The van der Waals surface area contributed by atoms with Gasteiger partial charge in [0, 0.05) is 23.9 Å². The zero-order chi connectivity index (χ0) is 14.9. The summed E-state index contributed by atoms with van der Waals surface area (Å²) < 4.78 is 43.5. The number of hydrogen-bond acceptors (Lipinski definition) is 4. The van der Waals surface area contributed by atoms with Crippen molar-refractivity contribution < 1.29 is 22.8 Å². The number of aliphatic hydroxyl groups is 1. The number of rotatable bonds is 4. The molecule has 0 saturated carbocycles. The van der Waals surface area contributed by atoms with E-state index >= 15 is 0 Å².